The molecule has 0 unspecified atom stereocenters. The highest BCUT2D eigenvalue weighted by molar-refractivity contribution is 5.82. The van der Waals surface area contributed by atoms with Crippen LogP contribution in [0.15, 0.2) is 27.4 Å². The van der Waals surface area contributed by atoms with E-state index >= 15 is 0 Å². The van der Waals surface area contributed by atoms with Gasteiger partial charge in [0.1, 0.15) is 11.3 Å². The fourth-order valence-corrected chi connectivity index (χ4v) is 2.58. The molecule has 1 aromatic heterocycles. The number of hydrogen-bond donors (Lipinski definition) is 2. The van der Waals surface area contributed by atoms with Gasteiger partial charge in [0.2, 0.25) is 0 Å². The van der Waals surface area contributed by atoms with Gasteiger partial charge in [0.25, 0.3) is 0 Å². The summed E-state index contributed by atoms with van der Waals surface area (Å²) in [7, 11) is 0. The summed E-state index contributed by atoms with van der Waals surface area (Å²) in [6, 6.07) is 4.91. The third-order valence-corrected chi connectivity index (χ3v) is 4.00. The molecular formula is C16H22NO3+. The lowest BCUT2D eigenvalue weighted by atomic mass is 10.0. The molecule has 0 saturated carbocycles. The third-order valence-electron chi connectivity index (χ3n) is 4.00. The molecule has 0 saturated heterocycles. The van der Waals surface area contributed by atoms with E-state index in [4.69, 9.17) is 4.42 Å². The van der Waals surface area contributed by atoms with Crippen molar-refractivity contribution in [1.82, 2.24) is 0 Å². The summed E-state index contributed by atoms with van der Waals surface area (Å²) in [5.74, 6) is 0.111. The number of quaternary nitrogens is 1. The Bertz CT molecular complexity index is 657. The predicted molar refractivity (Wildman–Crippen MR) is 79.5 cm³/mol. The second kappa shape index (κ2) is 6.09. The van der Waals surface area contributed by atoms with Crippen LogP contribution in [0.2, 0.25) is 0 Å². The Kier molecular flexibility index (Phi) is 4.45. The minimum Gasteiger partial charge on any atom is -0.508 e. The van der Waals surface area contributed by atoms with E-state index in [1.807, 2.05) is 6.92 Å². The molecule has 0 bridgehead atoms. The molecule has 0 atom stereocenters. The summed E-state index contributed by atoms with van der Waals surface area (Å²) >= 11 is 0. The minimum absolute atomic E-state index is 0.111. The first-order valence-electron chi connectivity index (χ1n) is 7.15. The molecule has 0 fully saturated rings. The summed E-state index contributed by atoms with van der Waals surface area (Å²) < 4.78 is 5.33. The van der Waals surface area contributed by atoms with Crippen molar-refractivity contribution >= 4 is 11.0 Å². The second-order valence-corrected chi connectivity index (χ2v) is 5.13. The number of nitrogens with one attached hydrogen (secondary N) is 1. The van der Waals surface area contributed by atoms with Crippen molar-refractivity contribution in [2.24, 2.45) is 0 Å². The topological polar surface area (TPSA) is 54.9 Å². The van der Waals surface area contributed by atoms with E-state index in [0.717, 1.165) is 42.6 Å². The Morgan fingerprint density at radius 2 is 1.95 bits per heavy atom. The Hall–Kier alpha value is -1.81. The molecule has 108 valence electrons. The van der Waals surface area contributed by atoms with Gasteiger partial charge < -0.3 is 14.4 Å². The van der Waals surface area contributed by atoms with Gasteiger partial charge in [-0.3, -0.25) is 0 Å². The predicted octanol–water partition coefficient (Wildman–Crippen LogP) is 1.27. The molecule has 0 aliphatic heterocycles. The minimum atomic E-state index is -0.285. The van der Waals surface area contributed by atoms with Gasteiger partial charge in [0, 0.05) is 23.4 Å². The van der Waals surface area contributed by atoms with Gasteiger partial charge in [-0.15, -0.1) is 0 Å². The molecule has 0 aliphatic carbocycles. The number of phenols is 1. The maximum absolute atomic E-state index is 12.1. The summed E-state index contributed by atoms with van der Waals surface area (Å²) in [5, 5.41) is 10.4. The monoisotopic (exact) mass is 276 g/mol. The molecule has 0 spiro atoms. The van der Waals surface area contributed by atoms with Gasteiger partial charge in [0.15, 0.2) is 0 Å². The zero-order valence-electron chi connectivity index (χ0n) is 12.3. The van der Waals surface area contributed by atoms with Crippen molar-refractivity contribution < 1.29 is 14.4 Å². The SMILES string of the molecule is CC[NH+](CC)CCc1c(C)c2ccc(O)cc2oc1=O. The van der Waals surface area contributed by atoms with Crippen molar-refractivity contribution in [1.29, 1.82) is 0 Å². The second-order valence-electron chi connectivity index (χ2n) is 5.13. The number of hydrogen-bond acceptors (Lipinski definition) is 3. The smallest absolute Gasteiger partial charge is 0.339 e. The normalized spacial score (nSPS) is 11.4. The van der Waals surface area contributed by atoms with E-state index in [1.54, 1.807) is 12.1 Å². The fourth-order valence-electron chi connectivity index (χ4n) is 2.58. The molecule has 0 aliphatic rings. The number of rotatable bonds is 5. The van der Waals surface area contributed by atoms with E-state index < -0.39 is 0 Å². The van der Waals surface area contributed by atoms with E-state index in [9.17, 15) is 9.90 Å². The van der Waals surface area contributed by atoms with Crippen LogP contribution in [0.5, 0.6) is 5.75 Å². The number of benzene rings is 1. The lowest BCUT2D eigenvalue weighted by Gasteiger charge is -2.15. The van der Waals surface area contributed by atoms with Crippen molar-refractivity contribution in [2.75, 3.05) is 19.6 Å². The first-order valence-corrected chi connectivity index (χ1v) is 7.15. The molecule has 4 nitrogen and oxygen atoms in total. The van der Waals surface area contributed by atoms with Gasteiger partial charge in [-0.1, -0.05) is 0 Å². The molecule has 0 amide bonds. The van der Waals surface area contributed by atoms with Crippen LogP contribution in [0.3, 0.4) is 0 Å². The summed E-state index contributed by atoms with van der Waals surface area (Å²) in [5.41, 5.74) is 1.88. The van der Waals surface area contributed by atoms with Crippen LogP contribution in [0, 0.1) is 6.92 Å². The van der Waals surface area contributed by atoms with Crippen LogP contribution in [-0.2, 0) is 6.42 Å². The van der Waals surface area contributed by atoms with Crippen molar-refractivity contribution in [3.8, 4) is 5.75 Å². The Balaban J connectivity index is 2.39. The number of fused-ring (bicyclic) bond motifs is 1. The Morgan fingerprint density at radius 3 is 2.60 bits per heavy atom. The van der Waals surface area contributed by atoms with Crippen LogP contribution in [0.4, 0.5) is 0 Å². The Morgan fingerprint density at radius 1 is 1.25 bits per heavy atom. The molecule has 1 heterocycles. The molecule has 4 heteroatoms. The average Bonchev–Trinajstić information content (AvgIpc) is 2.42. The zero-order valence-corrected chi connectivity index (χ0v) is 12.3. The highest BCUT2D eigenvalue weighted by Crippen LogP contribution is 2.23. The van der Waals surface area contributed by atoms with Crippen molar-refractivity contribution in [2.45, 2.75) is 27.2 Å². The van der Waals surface area contributed by atoms with Crippen LogP contribution in [0.25, 0.3) is 11.0 Å². The van der Waals surface area contributed by atoms with Gasteiger partial charge >= 0.3 is 5.63 Å². The van der Waals surface area contributed by atoms with Gasteiger partial charge in [-0.2, -0.15) is 0 Å². The van der Waals surface area contributed by atoms with Crippen LogP contribution in [-0.4, -0.2) is 24.7 Å². The van der Waals surface area contributed by atoms with Crippen LogP contribution >= 0.6 is 0 Å². The number of phenolic OH excluding ortho intramolecular Hbond substituents is 1. The third kappa shape index (κ3) is 2.85. The number of aryl methyl sites for hydroxylation is 1. The molecule has 2 N–H and O–H groups in total. The van der Waals surface area contributed by atoms with Gasteiger partial charge in [-0.05, 0) is 38.5 Å². The standard InChI is InChI=1S/C16H21NO3/c1-4-17(5-2)9-8-14-11(3)13-7-6-12(18)10-15(13)20-16(14)19/h6-7,10,18H,4-5,8-9H2,1-3H3/p+1. The van der Waals surface area contributed by atoms with E-state index in [-0.39, 0.29) is 11.4 Å². The quantitative estimate of drug-likeness (QED) is 0.809. The van der Waals surface area contributed by atoms with Crippen molar-refractivity contribution in [3.63, 3.8) is 0 Å². The lowest BCUT2D eigenvalue weighted by molar-refractivity contribution is -0.896. The maximum atomic E-state index is 12.1. The first-order chi connectivity index (χ1) is 9.56. The van der Waals surface area contributed by atoms with E-state index in [2.05, 4.69) is 13.8 Å². The molecule has 20 heavy (non-hydrogen) atoms. The van der Waals surface area contributed by atoms with Gasteiger partial charge in [-0.25, -0.2) is 4.79 Å². The number of likely N-dealkylation sites (N-methyl/N-ethyl adjacent to an activating group) is 1. The summed E-state index contributed by atoms with van der Waals surface area (Å²) in [4.78, 5) is 13.6. The fraction of sp³-hybridized carbons (Fsp3) is 0.438. The first kappa shape index (κ1) is 14.6. The maximum Gasteiger partial charge on any atom is 0.339 e. The van der Waals surface area contributed by atoms with Crippen LogP contribution < -0.4 is 10.5 Å². The van der Waals surface area contributed by atoms with E-state index in [0.29, 0.717) is 5.58 Å². The highest BCUT2D eigenvalue weighted by Gasteiger charge is 2.13. The number of aromatic hydroxyl groups is 1. The largest absolute Gasteiger partial charge is 0.508 e. The summed E-state index contributed by atoms with van der Waals surface area (Å²) in [6.07, 6.45) is 0.724. The molecule has 2 rings (SSSR count). The van der Waals surface area contributed by atoms with Crippen LogP contribution in [0.1, 0.15) is 25.0 Å². The highest BCUT2D eigenvalue weighted by atomic mass is 16.4. The lowest BCUT2D eigenvalue weighted by Crippen LogP contribution is -3.11. The van der Waals surface area contributed by atoms with E-state index in [1.165, 1.54) is 11.0 Å². The Labute approximate surface area is 118 Å². The van der Waals surface area contributed by atoms with Crippen molar-refractivity contribution in [3.05, 3.63) is 39.7 Å². The molecule has 1 aromatic carbocycles. The average molecular weight is 276 g/mol. The molecule has 0 radical (unpaired) electrons. The zero-order chi connectivity index (χ0) is 14.7. The summed E-state index contributed by atoms with van der Waals surface area (Å²) in [6.45, 7) is 9.30. The molecule has 2 aromatic rings. The molecular weight excluding hydrogens is 254 g/mol. The van der Waals surface area contributed by atoms with Gasteiger partial charge in [0.05, 0.1) is 19.6 Å².